The Morgan fingerprint density at radius 2 is 2.04 bits per heavy atom. The van der Waals surface area contributed by atoms with E-state index in [9.17, 15) is 0 Å². The summed E-state index contributed by atoms with van der Waals surface area (Å²) < 4.78 is 0. The molecule has 2 heterocycles. The van der Waals surface area contributed by atoms with E-state index in [4.69, 9.17) is 4.98 Å². The summed E-state index contributed by atoms with van der Waals surface area (Å²) in [6, 6.07) is 12.0. The van der Waals surface area contributed by atoms with Crippen LogP contribution in [0.5, 0.6) is 0 Å². The van der Waals surface area contributed by atoms with Gasteiger partial charge in [0.2, 0.25) is 0 Å². The molecule has 2 fully saturated rings. The number of benzene rings is 1. The van der Waals surface area contributed by atoms with Gasteiger partial charge in [-0.2, -0.15) is 0 Å². The molecule has 2 aromatic rings. The van der Waals surface area contributed by atoms with Crippen molar-refractivity contribution in [2.75, 3.05) is 13.6 Å². The van der Waals surface area contributed by atoms with Gasteiger partial charge in [-0.15, -0.1) is 11.3 Å². The third-order valence-corrected chi connectivity index (χ3v) is 6.67. The average molecular weight is 342 g/mol. The lowest BCUT2D eigenvalue weighted by molar-refractivity contribution is 0.184. The van der Waals surface area contributed by atoms with E-state index < -0.39 is 0 Å². The molecule has 0 spiro atoms. The molecule has 128 valence electrons. The van der Waals surface area contributed by atoms with Gasteiger partial charge in [0.15, 0.2) is 0 Å². The molecular formula is C20H27N3S. The number of nitrogens with zero attached hydrogens (tertiary/aromatic N) is 2. The zero-order valence-electron chi connectivity index (χ0n) is 14.4. The van der Waals surface area contributed by atoms with Crippen molar-refractivity contribution in [2.24, 2.45) is 5.92 Å². The molecule has 3 atom stereocenters. The Balaban J connectivity index is 1.29. The molecule has 1 N–H and O–H groups in total. The highest BCUT2D eigenvalue weighted by atomic mass is 32.1. The van der Waals surface area contributed by atoms with Crippen LogP contribution in [-0.4, -0.2) is 35.6 Å². The van der Waals surface area contributed by atoms with Gasteiger partial charge in [-0.1, -0.05) is 43.2 Å². The molecular weight excluding hydrogens is 314 g/mol. The van der Waals surface area contributed by atoms with Crippen LogP contribution in [-0.2, 0) is 6.54 Å². The maximum absolute atomic E-state index is 4.78. The first-order valence-corrected chi connectivity index (χ1v) is 10.1. The standard InChI is InChI=1S/C20H27N3S/c1-23-17(11-16-9-5-6-10-19(16)23)12-21-13-20-22-18(14-24-20)15-7-3-2-4-8-15/h2-4,7-8,14,16-17,19,21H,5-6,9-13H2,1H3/t16-,17-,19-/m0/s1. The highest BCUT2D eigenvalue weighted by molar-refractivity contribution is 7.09. The van der Waals surface area contributed by atoms with Crippen molar-refractivity contribution >= 4 is 11.3 Å². The van der Waals surface area contributed by atoms with Crippen LogP contribution >= 0.6 is 11.3 Å². The molecule has 0 unspecified atom stereocenters. The predicted octanol–water partition coefficient (Wildman–Crippen LogP) is 4.16. The monoisotopic (exact) mass is 341 g/mol. The molecule has 1 aliphatic carbocycles. The minimum atomic E-state index is 0.701. The minimum Gasteiger partial charge on any atom is -0.309 e. The highest BCUT2D eigenvalue weighted by Crippen LogP contribution is 2.38. The Bertz CT molecular complexity index is 654. The topological polar surface area (TPSA) is 28.2 Å². The molecule has 1 aromatic heterocycles. The van der Waals surface area contributed by atoms with Crippen molar-refractivity contribution in [1.29, 1.82) is 0 Å². The van der Waals surface area contributed by atoms with E-state index in [1.165, 1.54) is 42.7 Å². The molecule has 4 heteroatoms. The van der Waals surface area contributed by atoms with Crippen LogP contribution in [0.25, 0.3) is 11.3 Å². The van der Waals surface area contributed by atoms with Gasteiger partial charge in [0.25, 0.3) is 0 Å². The van der Waals surface area contributed by atoms with Crippen LogP contribution in [0.2, 0.25) is 0 Å². The van der Waals surface area contributed by atoms with Crippen LogP contribution in [0.15, 0.2) is 35.7 Å². The Labute approximate surface area is 149 Å². The number of fused-ring (bicyclic) bond motifs is 1. The lowest BCUT2D eigenvalue weighted by Gasteiger charge is -2.30. The molecule has 0 amide bonds. The summed E-state index contributed by atoms with van der Waals surface area (Å²) in [5, 5.41) is 7.01. The van der Waals surface area contributed by atoms with E-state index in [1.54, 1.807) is 11.3 Å². The van der Waals surface area contributed by atoms with Gasteiger partial charge in [0.1, 0.15) is 5.01 Å². The SMILES string of the molecule is CN1[C@H](CNCc2nc(-c3ccccc3)cs2)C[C@@H]2CCCC[C@@H]21. The summed E-state index contributed by atoms with van der Waals surface area (Å²) >= 11 is 1.76. The number of nitrogens with one attached hydrogen (secondary N) is 1. The molecule has 0 radical (unpaired) electrons. The lowest BCUT2D eigenvalue weighted by Crippen LogP contribution is -2.40. The predicted molar refractivity (Wildman–Crippen MR) is 101 cm³/mol. The third-order valence-electron chi connectivity index (χ3n) is 5.82. The Morgan fingerprint density at radius 3 is 2.88 bits per heavy atom. The smallest absolute Gasteiger partial charge is 0.107 e. The summed E-state index contributed by atoms with van der Waals surface area (Å²) in [6.45, 7) is 1.97. The lowest BCUT2D eigenvalue weighted by atomic mass is 9.85. The zero-order chi connectivity index (χ0) is 16.4. The average Bonchev–Trinajstić information content (AvgIpc) is 3.22. The number of hydrogen-bond donors (Lipinski definition) is 1. The first kappa shape index (κ1) is 16.2. The number of aromatic nitrogens is 1. The maximum atomic E-state index is 4.78. The summed E-state index contributed by atoms with van der Waals surface area (Å²) in [7, 11) is 2.33. The second-order valence-electron chi connectivity index (χ2n) is 7.29. The number of thiazole rings is 1. The van der Waals surface area contributed by atoms with E-state index in [0.29, 0.717) is 6.04 Å². The summed E-state index contributed by atoms with van der Waals surface area (Å²) in [5.74, 6) is 0.945. The van der Waals surface area contributed by atoms with Gasteiger partial charge in [-0.3, -0.25) is 4.90 Å². The Morgan fingerprint density at radius 1 is 1.21 bits per heavy atom. The second-order valence-corrected chi connectivity index (χ2v) is 8.23. The largest absolute Gasteiger partial charge is 0.309 e. The van der Waals surface area contributed by atoms with Gasteiger partial charge in [0, 0.05) is 36.1 Å². The summed E-state index contributed by atoms with van der Waals surface area (Å²) in [6.07, 6.45) is 7.09. The van der Waals surface area contributed by atoms with Gasteiger partial charge >= 0.3 is 0 Å². The van der Waals surface area contributed by atoms with Crippen LogP contribution < -0.4 is 5.32 Å². The quantitative estimate of drug-likeness (QED) is 0.885. The van der Waals surface area contributed by atoms with Crippen LogP contribution in [0.3, 0.4) is 0 Å². The number of hydrogen-bond acceptors (Lipinski definition) is 4. The van der Waals surface area contributed by atoms with Crippen LogP contribution in [0.1, 0.15) is 37.1 Å². The van der Waals surface area contributed by atoms with Gasteiger partial charge < -0.3 is 5.32 Å². The second kappa shape index (κ2) is 7.34. The number of likely N-dealkylation sites (N-methyl/N-ethyl adjacent to an activating group) is 1. The van der Waals surface area contributed by atoms with Crippen LogP contribution in [0.4, 0.5) is 0 Å². The Kier molecular flexibility index (Phi) is 4.97. The Hall–Kier alpha value is -1.23. The molecule has 4 rings (SSSR count). The molecule has 1 aromatic carbocycles. The van der Waals surface area contributed by atoms with E-state index in [-0.39, 0.29) is 0 Å². The van der Waals surface area contributed by atoms with Crippen molar-refractivity contribution in [1.82, 2.24) is 15.2 Å². The van der Waals surface area contributed by atoms with E-state index >= 15 is 0 Å². The fourth-order valence-electron chi connectivity index (χ4n) is 4.49. The van der Waals surface area contributed by atoms with Crippen molar-refractivity contribution in [3.63, 3.8) is 0 Å². The molecule has 3 nitrogen and oxygen atoms in total. The summed E-state index contributed by atoms with van der Waals surface area (Å²) in [5.41, 5.74) is 2.31. The molecule has 24 heavy (non-hydrogen) atoms. The number of rotatable bonds is 5. The van der Waals surface area contributed by atoms with Gasteiger partial charge in [0.05, 0.1) is 5.69 Å². The van der Waals surface area contributed by atoms with E-state index in [2.05, 4.69) is 46.9 Å². The zero-order valence-corrected chi connectivity index (χ0v) is 15.3. The number of likely N-dealkylation sites (tertiary alicyclic amines) is 1. The van der Waals surface area contributed by atoms with Crippen molar-refractivity contribution < 1.29 is 0 Å². The summed E-state index contributed by atoms with van der Waals surface area (Å²) in [4.78, 5) is 7.43. The van der Waals surface area contributed by atoms with Crippen molar-refractivity contribution in [2.45, 2.75) is 50.7 Å². The van der Waals surface area contributed by atoms with Gasteiger partial charge in [-0.05, 0) is 32.2 Å². The molecule has 1 saturated carbocycles. The molecule has 0 bridgehead atoms. The maximum Gasteiger partial charge on any atom is 0.107 e. The fourth-order valence-corrected chi connectivity index (χ4v) is 5.27. The molecule has 1 saturated heterocycles. The van der Waals surface area contributed by atoms with Crippen LogP contribution in [0, 0.1) is 5.92 Å². The first-order chi connectivity index (χ1) is 11.8. The third kappa shape index (κ3) is 3.41. The normalized spacial score (nSPS) is 27.3. The van der Waals surface area contributed by atoms with Gasteiger partial charge in [-0.25, -0.2) is 4.98 Å². The molecule has 1 aliphatic heterocycles. The highest BCUT2D eigenvalue weighted by Gasteiger charge is 2.39. The minimum absolute atomic E-state index is 0.701. The molecule has 2 aliphatic rings. The van der Waals surface area contributed by atoms with E-state index in [0.717, 1.165) is 30.7 Å². The van der Waals surface area contributed by atoms with Crippen molar-refractivity contribution in [3.8, 4) is 11.3 Å². The van der Waals surface area contributed by atoms with E-state index in [1.807, 2.05) is 6.07 Å². The fraction of sp³-hybridized carbons (Fsp3) is 0.550. The first-order valence-electron chi connectivity index (χ1n) is 9.24. The van der Waals surface area contributed by atoms with Crippen molar-refractivity contribution in [3.05, 3.63) is 40.7 Å².